The minimum Gasteiger partial charge on any atom is -0.278 e. The second-order valence-corrected chi connectivity index (χ2v) is 7.23. The zero-order chi connectivity index (χ0) is 15.2. The second kappa shape index (κ2) is 5.13. The van der Waals surface area contributed by atoms with Gasteiger partial charge in [0.1, 0.15) is 5.82 Å². The maximum Gasteiger partial charge on any atom is 0.281 e. The molecule has 0 bridgehead atoms. The first-order valence-corrected chi connectivity index (χ1v) is 8.59. The lowest BCUT2D eigenvalue weighted by molar-refractivity contribution is 0.596. The van der Waals surface area contributed by atoms with E-state index in [-0.39, 0.29) is 20.9 Å². The zero-order valence-electron chi connectivity index (χ0n) is 10.0. The molecule has 3 rings (SSSR count). The standard InChI is InChI=1S/C11H6Cl2FN3O2S2/c12-7-5-6(1-2-8(7)14)16-21(18,19)10-9(13)15-11-17(10)3-4-20-11/h1-5,16H. The van der Waals surface area contributed by atoms with Crippen LogP contribution in [0.3, 0.4) is 0 Å². The number of anilines is 1. The maximum atomic E-state index is 13.1. The molecule has 10 heteroatoms. The van der Waals surface area contributed by atoms with Crippen LogP contribution in [0.2, 0.25) is 10.2 Å². The van der Waals surface area contributed by atoms with Crippen molar-refractivity contribution in [1.29, 1.82) is 0 Å². The topological polar surface area (TPSA) is 63.5 Å². The number of benzene rings is 1. The summed E-state index contributed by atoms with van der Waals surface area (Å²) in [5.74, 6) is -0.637. The lowest BCUT2D eigenvalue weighted by atomic mass is 10.3. The van der Waals surface area contributed by atoms with Crippen LogP contribution in [0, 0.1) is 5.82 Å². The van der Waals surface area contributed by atoms with Crippen molar-refractivity contribution in [1.82, 2.24) is 9.38 Å². The summed E-state index contributed by atoms with van der Waals surface area (Å²) in [6.45, 7) is 0. The molecule has 0 spiro atoms. The SMILES string of the molecule is O=S(=O)(Nc1ccc(F)c(Cl)c1)c1c(Cl)nc2sccn12. The van der Waals surface area contributed by atoms with E-state index in [9.17, 15) is 12.8 Å². The van der Waals surface area contributed by atoms with E-state index in [0.717, 1.165) is 6.07 Å². The Hall–Kier alpha value is -1.35. The van der Waals surface area contributed by atoms with Gasteiger partial charge in [-0.3, -0.25) is 9.12 Å². The summed E-state index contributed by atoms with van der Waals surface area (Å²) in [5.41, 5.74) is 0.127. The lowest BCUT2D eigenvalue weighted by Gasteiger charge is -2.08. The van der Waals surface area contributed by atoms with Crippen LogP contribution in [-0.4, -0.2) is 17.8 Å². The largest absolute Gasteiger partial charge is 0.281 e. The normalized spacial score (nSPS) is 12.0. The Morgan fingerprint density at radius 1 is 1.33 bits per heavy atom. The third-order valence-electron chi connectivity index (χ3n) is 2.60. The molecule has 0 aliphatic rings. The Morgan fingerprint density at radius 3 is 2.81 bits per heavy atom. The molecule has 21 heavy (non-hydrogen) atoms. The fourth-order valence-corrected chi connectivity index (χ4v) is 4.43. The van der Waals surface area contributed by atoms with Gasteiger partial charge in [-0.05, 0) is 18.2 Å². The van der Waals surface area contributed by atoms with Gasteiger partial charge in [0.25, 0.3) is 10.0 Å². The van der Waals surface area contributed by atoms with Crippen LogP contribution in [-0.2, 0) is 10.0 Å². The third kappa shape index (κ3) is 2.59. The van der Waals surface area contributed by atoms with E-state index in [4.69, 9.17) is 23.2 Å². The van der Waals surface area contributed by atoms with Gasteiger partial charge in [-0.1, -0.05) is 23.2 Å². The molecule has 3 aromatic rings. The number of thiazole rings is 1. The van der Waals surface area contributed by atoms with Gasteiger partial charge in [0, 0.05) is 11.6 Å². The highest BCUT2D eigenvalue weighted by Gasteiger charge is 2.25. The van der Waals surface area contributed by atoms with E-state index in [1.807, 2.05) is 0 Å². The molecular weight excluding hydrogens is 360 g/mol. The molecule has 1 N–H and O–H groups in total. The number of hydrogen-bond acceptors (Lipinski definition) is 4. The van der Waals surface area contributed by atoms with E-state index in [0.29, 0.717) is 4.96 Å². The van der Waals surface area contributed by atoms with Crippen LogP contribution in [0.15, 0.2) is 34.8 Å². The summed E-state index contributed by atoms with van der Waals surface area (Å²) in [6.07, 6.45) is 1.55. The van der Waals surface area contributed by atoms with E-state index < -0.39 is 15.8 Å². The van der Waals surface area contributed by atoms with Crippen molar-refractivity contribution in [2.45, 2.75) is 5.03 Å². The average molecular weight is 366 g/mol. The predicted molar refractivity (Wildman–Crippen MR) is 80.3 cm³/mol. The number of imidazole rings is 1. The number of nitrogens with one attached hydrogen (secondary N) is 1. The van der Waals surface area contributed by atoms with Crippen molar-refractivity contribution in [2.75, 3.05) is 4.72 Å². The maximum absolute atomic E-state index is 13.1. The Balaban J connectivity index is 2.06. The van der Waals surface area contributed by atoms with E-state index in [1.54, 1.807) is 11.6 Å². The van der Waals surface area contributed by atoms with Gasteiger partial charge in [0.05, 0.1) is 10.7 Å². The molecule has 0 aliphatic carbocycles. The van der Waals surface area contributed by atoms with Crippen molar-refractivity contribution in [2.24, 2.45) is 0 Å². The number of fused-ring (bicyclic) bond motifs is 1. The van der Waals surface area contributed by atoms with Gasteiger partial charge in [0.2, 0.25) is 0 Å². The molecule has 1 aromatic carbocycles. The van der Waals surface area contributed by atoms with Crippen LogP contribution in [0.1, 0.15) is 0 Å². The number of hydrogen-bond donors (Lipinski definition) is 1. The highest BCUT2D eigenvalue weighted by Crippen LogP contribution is 2.28. The number of sulfonamides is 1. The number of halogens is 3. The molecular formula is C11H6Cl2FN3O2S2. The Kier molecular flexibility index (Phi) is 3.56. The quantitative estimate of drug-likeness (QED) is 0.770. The van der Waals surface area contributed by atoms with Gasteiger partial charge in [-0.15, -0.1) is 11.3 Å². The molecule has 0 saturated heterocycles. The number of rotatable bonds is 3. The Labute approximate surface area is 133 Å². The summed E-state index contributed by atoms with van der Waals surface area (Å²) in [5, 5.41) is 1.19. The zero-order valence-corrected chi connectivity index (χ0v) is 13.2. The molecule has 2 aromatic heterocycles. The van der Waals surface area contributed by atoms with Crippen LogP contribution in [0.5, 0.6) is 0 Å². The van der Waals surface area contributed by atoms with Gasteiger partial charge in [0.15, 0.2) is 15.1 Å². The van der Waals surface area contributed by atoms with Crippen molar-refractivity contribution >= 4 is 55.2 Å². The summed E-state index contributed by atoms with van der Waals surface area (Å²) in [6, 6.07) is 3.51. The van der Waals surface area contributed by atoms with E-state index in [1.165, 1.54) is 27.9 Å². The van der Waals surface area contributed by atoms with Crippen LogP contribution in [0.4, 0.5) is 10.1 Å². The van der Waals surface area contributed by atoms with Gasteiger partial charge in [-0.2, -0.15) is 8.42 Å². The van der Waals surface area contributed by atoms with Gasteiger partial charge in [-0.25, -0.2) is 9.37 Å². The fraction of sp³-hybridized carbons (Fsp3) is 0. The van der Waals surface area contributed by atoms with Gasteiger partial charge >= 0.3 is 0 Å². The molecule has 2 heterocycles. The molecule has 0 radical (unpaired) electrons. The molecule has 0 atom stereocenters. The molecule has 110 valence electrons. The predicted octanol–water partition coefficient (Wildman–Crippen LogP) is 3.64. The van der Waals surface area contributed by atoms with Crippen molar-refractivity contribution in [3.63, 3.8) is 0 Å². The third-order valence-corrected chi connectivity index (χ3v) is 5.43. The van der Waals surface area contributed by atoms with Gasteiger partial charge < -0.3 is 0 Å². The molecule has 0 fully saturated rings. The van der Waals surface area contributed by atoms with Crippen molar-refractivity contribution in [3.05, 3.63) is 45.8 Å². The summed E-state index contributed by atoms with van der Waals surface area (Å²) < 4.78 is 41.6. The second-order valence-electron chi connectivity index (χ2n) is 4.00. The Morgan fingerprint density at radius 2 is 2.10 bits per heavy atom. The summed E-state index contributed by atoms with van der Waals surface area (Å²) >= 11 is 12.8. The van der Waals surface area contributed by atoms with Crippen LogP contribution in [0.25, 0.3) is 4.96 Å². The first-order chi connectivity index (χ1) is 9.88. The fourth-order valence-electron chi connectivity index (χ4n) is 1.74. The molecule has 0 unspecified atom stereocenters. The Bertz CT molecular complexity index is 936. The minimum atomic E-state index is -3.98. The van der Waals surface area contributed by atoms with E-state index in [2.05, 4.69) is 9.71 Å². The summed E-state index contributed by atoms with van der Waals surface area (Å²) in [7, 11) is -3.98. The van der Waals surface area contributed by atoms with E-state index >= 15 is 0 Å². The smallest absolute Gasteiger partial charge is 0.278 e. The van der Waals surface area contributed by atoms with Crippen LogP contribution >= 0.6 is 34.5 Å². The molecule has 5 nitrogen and oxygen atoms in total. The summed E-state index contributed by atoms with van der Waals surface area (Å²) in [4.78, 5) is 4.41. The first kappa shape index (κ1) is 14.6. The number of nitrogens with zero attached hydrogens (tertiary/aromatic N) is 2. The van der Waals surface area contributed by atoms with Crippen molar-refractivity contribution in [3.8, 4) is 0 Å². The molecule has 0 aliphatic heterocycles. The monoisotopic (exact) mass is 365 g/mol. The minimum absolute atomic E-state index is 0.127. The number of aromatic nitrogens is 2. The molecule has 0 saturated carbocycles. The lowest BCUT2D eigenvalue weighted by Crippen LogP contribution is -2.15. The average Bonchev–Trinajstić information content (AvgIpc) is 2.92. The van der Waals surface area contributed by atoms with Crippen LogP contribution < -0.4 is 4.72 Å². The first-order valence-electron chi connectivity index (χ1n) is 5.47. The van der Waals surface area contributed by atoms with Crippen molar-refractivity contribution < 1.29 is 12.8 Å². The molecule has 0 amide bonds. The highest BCUT2D eigenvalue weighted by molar-refractivity contribution is 7.92. The highest BCUT2D eigenvalue weighted by atomic mass is 35.5.